The molecule has 0 aromatic heterocycles. The minimum Gasteiger partial charge on any atom is -0.508 e. The van der Waals surface area contributed by atoms with Crippen LogP contribution in [0.4, 0.5) is 0 Å². The summed E-state index contributed by atoms with van der Waals surface area (Å²) in [7, 11) is 0. The van der Waals surface area contributed by atoms with Crippen LogP contribution in [-0.2, 0) is 0 Å². The van der Waals surface area contributed by atoms with E-state index in [9.17, 15) is 10.2 Å². The maximum Gasteiger partial charge on any atom is 0.119 e. The summed E-state index contributed by atoms with van der Waals surface area (Å²) in [5, 5.41) is 19.8. The molecule has 2 atom stereocenters. The molecule has 160 valence electrons. The maximum atomic E-state index is 9.90. The first-order chi connectivity index (χ1) is 14.1. The van der Waals surface area contributed by atoms with E-state index in [1.807, 2.05) is 36.4 Å². The molecule has 0 heterocycles. The largest absolute Gasteiger partial charge is 0.508 e. The third-order valence-electron chi connectivity index (χ3n) is 5.04. The number of halogens is 2. The van der Waals surface area contributed by atoms with E-state index in [4.69, 9.17) is 0 Å². The smallest absolute Gasteiger partial charge is 0.119 e. The number of para-hydroxylation sites is 2. The van der Waals surface area contributed by atoms with Crippen molar-refractivity contribution in [3.63, 3.8) is 0 Å². The second-order valence-electron chi connectivity index (χ2n) is 7.36. The third kappa shape index (κ3) is 9.35. The molecular formula is C24H32Br2O2S. The highest BCUT2D eigenvalue weighted by atomic mass is 79.9. The second-order valence-corrected chi connectivity index (χ2v) is 10.8. The Kier molecular flexibility index (Phi) is 12.2. The summed E-state index contributed by atoms with van der Waals surface area (Å²) in [5.41, 5.74) is 1.99. The number of phenolic OH excluding ortho intramolecular Hbond substituents is 2. The predicted molar refractivity (Wildman–Crippen MR) is 134 cm³/mol. The fraction of sp³-hybridized carbons (Fsp3) is 0.500. The standard InChI is InChI=1S/C24H32Br2O2S/c25-21(19-11-5-7-15-23(19)27)13-3-1-9-17-29-18-10-2-4-14-22(26)20-12-6-8-16-24(20)28/h5-8,11-12,15-16,21-22,27-28H,1-4,9-10,13-14,17-18H2. The van der Waals surface area contributed by atoms with Crippen molar-refractivity contribution in [2.45, 2.75) is 61.0 Å². The normalized spacial score (nSPS) is 13.3. The van der Waals surface area contributed by atoms with Crippen LogP contribution in [0.15, 0.2) is 48.5 Å². The summed E-state index contributed by atoms with van der Waals surface area (Å²) in [4.78, 5) is 0.486. The Morgan fingerprint density at radius 1 is 0.621 bits per heavy atom. The molecule has 0 saturated heterocycles. The summed E-state index contributed by atoms with van der Waals surface area (Å²) in [6.45, 7) is 0. The van der Waals surface area contributed by atoms with Gasteiger partial charge >= 0.3 is 0 Å². The van der Waals surface area contributed by atoms with Gasteiger partial charge in [-0.15, -0.1) is 0 Å². The highest BCUT2D eigenvalue weighted by Crippen LogP contribution is 2.35. The van der Waals surface area contributed by atoms with Gasteiger partial charge in [0.25, 0.3) is 0 Å². The Hall–Kier alpha value is -0.650. The summed E-state index contributed by atoms with van der Waals surface area (Å²) < 4.78 is 0. The molecule has 0 saturated carbocycles. The minimum absolute atomic E-state index is 0.243. The Bertz CT molecular complexity index is 651. The van der Waals surface area contributed by atoms with Gasteiger partial charge in [-0.2, -0.15) is 11.8 Å². The quantitative estimate of drug-likeness (QED) is 0.185. The first-order valence-corrected chi connectivity index (χ1v) is 13.5. The van der Waals surface area contributed by atoms with Crippen LogP contribution in [0.25, 0.3) is 0 Å². The molecule has 2 aromatic carbocycles. The topological polar surface area (TPSA) is 40.5 Å². The molecule has 0 bridgehead atoms. The van der Waals surface area contributed by atoms with Gasteiger partial charge in [-0.25, -0.2) is 0 Å². The zero-order valence-electron chi connectivity index (χ0n) is 16.9. The fourth-order valence-corrected chi connectivity index (χ4v) is 5.77. The average Bonchev–Trinajstić information content (AvgIpc) is 2.72. The van der Waals surface area contributed by atoms with Crippen molar-refractivity contribution in [2.24, 2.45) is 0 Å². The van der Waals surface area contributed by atoms with Crippen molar-refractivity contribution < 1.29 is 10.2 Å². The summed E-state index contributed by atoms with van der Waals surface area (Å²) >= 11 is 9.47. The first-order valence-electron chi connectivity index (χ1n) is 10.5. The highest BCUT2D eigenvalue weighted by Gasteiger charge is 2.11. The van der Waals surface area contributed by atoms with E-state index in [1.165, 1.54) is 50.0 Å². The monoisotopic (exact) mass is 542 g/mol. The molecule has 0 aliphatic carbocycles. The van der Waals surface area contributed by atoms with Gasteiger partial charge in [0.15, 0.2) is 0 Å². The summed E-state index contributed by atoms with van der Waals surface area (Å²) in [6.07, 6.45) is 9.51. The average molecular weight is 544 g/mol. The van der Waals surface area contributed by atoms with Crippen molar-refractivity contribution in [3.8, 4) is 11.5 Å². The van der Waals surface area contributed by atoms with Crippen molar-refractivity contribution in [2.75, 3.05) is 11.5 Å². The van der Waals surface area contributed by atoms with E-state index < -0.39 is 0 Å². The van der Waals surface area contributed by atoms with E-state index in [-0.39, 0.29) is 9.65 Å². The predicted octanol–water partition coefficient (Wildman–Crippen LogP) is 8.52. The van der Waals surface area contributed by atoms with Crippen LogP contribution in [0.5, 0.6) is 11.5 Å². The van der Waals surface area contributed by atoms with Gasteiger partial charge in [-0.3, -0.25) is 0 Å². The lowest BCUT2D eigenvalue weighted by atomic mass is 10.1. The molecule has 0 aliphatic heterocycles. The number of thioether (sulfide) groups is 1. The lowest BCUT2D eigenvalue weighted by molar-refractivity contribution is 0.465. The van der Waals surface area contributed by atoms with Crippen LogP contribution >= 0.6 is 43.6 Å². The van der Waals surface area contributed by atoms with Crippen molar-refractivity contribution in [1.82, 2.24) is 0 Å². The molecule has 0 radical (unpaired) electrons. The van der Waals surface area contributed by atoms with Crippen molar-refractivity contribution in [1.29, 1.82) is 0 Å². The molecule has 0 amide bonds. The van der Waals surface area contributed by atoms with Gasteiger partial charge in [0.1, 0.15) is 11.5 Å². The molecule has 2 unspecified atom stereocenters. The van der Waals surface area contributed by atoms with Crippen LogP contribution in [0.1, 0.15) is 72.1 Å². The van der Waals surface area contributed by atoms with Crippen LogP contribution in [0, 0.1) is 0 Å². The number of rotatable bonds is 14. The molecule has 2 aromatic rings. The van der Waals surface area contributed by atoms with Crippen LogP contribution in [0.2, 0.25) is 0 Å². The molecule has 0 fully saturated rings. The van der Waals surface area contributed by atoms with E-state index in [1.54, 1.807) is 12.1 Å². The van der Waals surface area contributed by atoms with Crippen molar-refractivity contribution in [3.05, 3.63) is 59.7 Å². The summed E-state index contributed by atoms with van der Waals surface area (Å²) in [6, 6.07) is 15.2. The number of alkyl halides is 2. The van der Waals surface area contributed by atoms with E-state index in [0.717, 1.165) is 24.0 Å². The molecule has 29 heavy (non-hydrogen) atoms. The van der Waals surface area contributed by atoms with E-state index in [2.05, 4.69) is 43.6 Å². The molecule has 2 nitrogen and oxygen atoms in total. The first kappa shape index (κ1) is 24.6. The zero-order chi connectivity index (χ0) is 20.9. The van der Waals surface area contributed by atoms with Gasteiger partial charge in [0.05, 0.1) is 0 Å². The molecular weight excluding hydrogens is 512 g/mol. The number of hydrogen-bond acceptors (Lipinski definition) is 3. The highest BCUT2D eigenvalue weighted by molar-refractivity contribution is 9.09. The molecule has 2 rings (SSSR count). The number of hydrogen-bond donors (Lipinski definition) is 2. The Balaban J connectivity index is 1.43. The van der Waals surface area contributed by atoms with E-state index in [0.29, 0.717) is 11.5 Å². The number of unbranched alkanes of at least 4 members (excludes halogenated alkanes) is 4. The number of benzene rings is 2. The lowest BCUT2D eigenvalue weighted by Crippen LogP contribution is -1.93. The Morgan fingerprint density at radius 2 is 1.03 bits per heavy atom. The lowest BCUT2D eigenvalue weighted by Gasteiger charge is -2.12. The van der Waals surface area contributed by atoms with Gasteiger partial charge < -0.3 is 10.2 Å². The molecule has 5 heteroatoms. The van der Waals surface area contributed by atoms with Gasteiger partial charge in [-0.05, 0) is 49.3 Å². The number of aromatic hydroxyl groups is 2. The van der Waals surface area contributed by atoms with Crippen LogP contribution in [0.3, 0.4) is 0 Å². The van der Waals surface area contributed by atoms with Gasteiger partial charge in [0.2, 0.25) is 0 Å². The van der Waals surface area contributed by atoms with Crippen molar-refractivity contribution >= 4 is 43.6 Å². The maximum absolute atomic E-state index is 9.90. The SMILES string of the molecule is Oc1ccccc1C(Br)CCCCCSCCCCCC(Br)c1ccccc1O. The molecule has 0 aliphatic rings. The van der Waals surface area contributed by atoms with E-state index >= 15 is 0 Å². The third-order valence-corrected chi connectivity index (χ3v) is 8.10. The number of phenols is 2. The minimum atomic E-state index is 0.243. The van der Waals surface area contributed by atoms with Crippen LogP contribution in [-0.4, -0.2) is 21.7 Å². The molecule has 2 N–H and O–H groups in total. The van der Waals surface area contributed by atoms with Gasteiger partial charge in [0, 0.05) is 20.8 Å². The Morgan fingerprint density at radius 3 is 1.45 bits per heavy atom. The van der Waals surface area contributed by atoms with Gasteiger partial charge in [-0.1, -0.05) is 93.9 Å². The zero-order valence-corrected chi connectivity index (χ0v) is 20.9. The summed E-state index contributed by atoms with van der Waals surface area (Å²) in [5.74, 6) is 3.25. The Labute approximate surface area is 196 Å². The molecule has 0 spiro atoms. The fourth-order valence-electron chi connectivity index (χ4n) is 3.33. The second kappa shape index (κ2) is 14.4. The van der Waals surface area contributed by atoms with Crippen LogP contribution < -0.4 is 0 Å².